The predicted octanol–water partition coefficient (Wildman–Crippen LogP) is 0.159. The van der Waals surface area contributed by atoms with E-state index in [0.717, 1.165) is 5.56 Å². The van der Waals surface area contributed by atoms with Crippen LogP contribution < -0.4 is 5.73 Å². The summed E-state index contributed by atoms with van der Waals surface area (Å²) in [5.41, 5.74) is 7.19. The van der Waals surface area contributed by atoms with E-state index in [1.165, 1.54) is 12.7 Å². The Morgan fingerprint density at radius 1 is 1.06 bits per heavy atom. The number of benzene rings is 1. The molecule has 6 heteroatoms. The normalized spacial score (nSPS) is 24.1. The quantitative estimate of drug-likeness (QED) is 0.760. The minimum absolute atomic E-state index is 0. The summed E-state index contributed by atoms with van der Waals surface area (Å²) < 4.78 is 0. The maximum absolute atomic E-state index is 6.29. The Kier molecular flexibility index (Phi) is 4.36. The number of fused-ring (bicyclic) bond motifs is 1. The van der Waals surface area contributed by atoms with Crippen molar-refractivity contribution in [2.24, 2.45) is 25.7 Å². The van der Waals surface area contributed by atoms with E-state index in [2.05, 4.69) is 20.0 Å². The minimum atomic E-state index is -0.852. The van der Waals surface area contributed by atoms with E-state index < -0.39 is 5.66 Å². The van der Waals surface area contributed by atoms with Gasteiger partial charge in [0, 0.05) is 6.42 Å². The molecule has 0 saturated heterocycles. The topological polar surface area (TPSA) is 75.5 Å². The summed E-state index contributed by atoms with van der Waals surface area (Å²) in [7, 11) is 0. The van der Waals surface area contributed by atoms with E-state index in [1.807, 2.05) is 30.3 Å². The molecule has 2 aliphatic rings. The third-order valence-electron chi connectivity index (χ3n) is 2.77. The van der Waals surface area contributed by atoms with Gasteiger partial charge in [-0.3, -0.25) is 0 Å². The maximum atomic E-state index is 6.29. The van der Waals surface area contributed by atoms with E-state index in [4.69, 9.17) is 5.73 Å². The van der Waals surface area contributed by atoms with Crippen LogP contribution in [0.15, 0.2) is 50.3 Å². The van der Waals surface area contributed by atoms with Crippen LogP contribution in [0.2, 0.25) is 0 Å². The van der Waals surface area contributed by atoms with Crippen molar-refractivity contribution in [1.29, 1.82) is 0 Å². The van der Waals surface area contributed by atoms with Gasteiger partial charge in [0.2, 0.25) is 0 Å². The summed E-state index contributed by atoms with van der Waals surface area (Å²) >= 11 is 0. The van der Waals surface area contributed by atoms with Gasteiger partial charge in [0.15, 0.2) is 11.5 Å². The van der Waals surface area contributed by atoms with Crippen molar-refractivity contribution < 1.29 is 0 Å². The molecule has 2 N–H and O–H groups in total. The SMILES string of the molecule is NC1(Cc2ccccc2)N=CN=C2N=CN=C21.[KH]. The van der Waals surface area contributed by atoms with Gasteiger partial charge < -0.3 is 5.73 Å². The molecule has 1 aromatic rings. The standard InChI is InChI=1S/C12H11N5.K.H/c13-12(6-9-4-2-1-3-5-9)10-11(15-7-14-10)16-8-17-12;;/h1-5,7-8H,6,13H2;;. The third-order valence-corrected chi connectivity index (χ3v) is 2.77. The molecule has 3 rings (SSSR count). The molecule has 0 fully saturated rings. The van der Waals surface area contributed by atoms with Crippen LogP contribution in [0.25, 0.3) is 0 Å². The van der Waals surface area contributed by atoms with Gasteiger partial charge in [-0.1, -0.05) is 30.3 Å². The molecule has 1 atom stereocenters. The van der Waals surface area contributed by atoms with Crippen molar-refractivity contribution in [2.45, 2.75) is 12.1 Å². The Hall–Kier alpha value is -0.504. The average molecular weight is 265 g/mol. The van der Waals surface area contributed by atoms with Gasteiger partial charge >= 0.3 is 51.4 Å². The van der Waals surface area contributed by atoms with Crippen molar-refractivity contribution in [3.05, 3.63) is 35.9 Å². The van der Waals surface area contributed by atoms with Gasteiger partial charge in [0.25, 0.3) is 0 Å². The van der Waals surface area contributed by atoms with Crippen molar-refractivity contribution in [3.63, 3.8) is 0 Å². The van der Waals surface area contributed by atoms with E-state index in [9.17, 15) is 0 Å². The molecule has 1 aromatic carbocycles. The predicted molar refractivity (Wildman–Crippen MR) is 76.1 cm³/mol. The van der Waals surface area contributed by atoms with Crippen LogP contribution >= 0.6 is 0 Å². The van der Waals surface area contributed by atoms with Crippen LogP contribution in [-0.2, 0) is 6.42 Å². The summed E-state index contributed by atoms with van der Waals surface area (Å²) in [6.07, 6.45) is 3.51. The molecule has 18 heavy (non-hydrogen) atoms. The van der Waals surface area contributed by atoms with Crippen LogP contribution in [-0.4, -0.2) is 81.3 Å². The molecule has 0 saturated carbocycles. The Labute approximate surface area is 147 Å². The molecule has 2 aliphatic heterocycles. The van der Waals surface area contributed by atoms with Crippen molar-refractivity contribution in [2.75, 3.05) is 0 Å². The molecule has 1 unspecified atom stereocenters. The Bertz CT molecular complexity index is 561. The molecule has 0 bridgehead atoms. The van der Waals surface area contributed by atoms with Gasteiger partial charge in [-0.15, -0.1) is 0 Å². The summed E-state index contributed by atoms with van der Waals surface area (Å²) in [5.74, 6) is 0.568. The van der Waals surface area contributed by atoms with Gasteiger partial charge in [0.1, 0.15) is 18.4 Å². The molecule has 0 spiro atoms. The zero-order valence-corrected chi connectivity index (χ0v) is 9.11. The monoisotopic (exact) mass is 265 g/mol. The molecule has 86 valence electrons. The number of nitrogens with two attached hydrogens (primary N) is 1. The van der Waals surface area contributed by atoms with E-state index in [0.29, 0.717) is 18.0 Å². The summed E-state index contributed by atoms with van der Waals surface area (Å²) in [5, 5.41) is 0. The summed E-state index contributed by atoms with van der Waals surface area (Å²) in [6, 6.07) is 9.97. The van der Waals surface area contributed by atoms with Crippen LogP contribution in [0.1, 0.15) is 5.56 Å². The van der Waals surface area contributed by atoms with Crippen LogP contribution in [0, 0.1) is 0 Å². The number of aliphatic imine (C=N–C) groups is 4. The molecule has 5 nitrogen and oxygen atoms in total. The second-order valence-electron chi connectivity index (χ2n) is 4.01. The van der Waals surface area contributed by atoms with Gasteiger partial charge in [-0.05, 0) is 5.56 Å². The molecule has 2 heterocycles. The number of rotatable bonds is 2. The van der Waals surface area contributed by atoms with Crippen molar-refractivity contribution >= 4 is 75.6 Å². The first kappa shape index (κ1) is 13.9. The van der Waals surface area contributed by atoms with Crippen molar-refractivity contribution in [1.82, 2.24) is 0 Å². The molecular weight excluding hydrogens is 253 g/mol. The van der Waals surface area contributed by atoms with Gasteiger partial charge in [-0.25, -0.2) is 20.0 Å². The van der Waals surface area contributed by atoms with Gasteiger partial charge in [-0.2, -0.15) is 0 Å². The molecule has 0 amide bonds. The van der Waals surface area contributed by atoms with Crippen LogP contribution in [0.4, 0.5) is 0 Å². The molecule has 0 aromatic heterocycles. The first-order valence-corrected chi connectivity index (χ1v) is 5.33. The number of hydrogen-bond acceptors (Lipinski definition) is 5. The van der Waals surface area contributed by atoms with E-state index >= 15 is 0 Å². The molecule has 0 radical (unpaired) electrons. The second kappa shape index (κ2) is 5.64. The second-order valence-corrected chi connectivity index (χ2v) is 4.01. The van der Waals surface area contributed by atoms with Crippen molar-refractivity contribution in [3.8, 4) is 0 Å². The number of amidine groups is 1. The Morgan fingerprint density at radius 3 is 2.61 bits per heavy atom. The van der Waals surface area contributed by atoms with Crippen LogP contribution in [0.3, 0.4) is 0 Å². The first-order valence-electron chi connectivity index (χ1n) is 5.33. The average Bonchev–Trinajstić information content (AvgIpc) is 2.80. The summed E-state index contributed by atoms with van der Waals surface area (Å²) in [4.78, 5) is 16.5. The molecular formula is C12H12KN5. The number of hydrogen-bond donors (Lipinski definition) is 1. The fourth-order valence-electron chi connectivity index (χ4n) is 1.94. The summed E-state index contributed by atoms with van der Waals surface area (Å²) in [6.45, 7) is 0. The first-order chi connectivity index (χ1) is 8.28. The fraction of sp³-hybridized carbons (Fsp3) is 0.167. The third kappa shape index (κ3) is 2.58. The van der Waals surface area contributed by atoms with Gasteiger partial charge in [0.05, 0.1) is 0 Å². The fourth-order valence-corrected chi connectivity index (χ4v) is 1.94. The van der Waals surface area contributed by atoms with E-state index in [1.54, 1.807) is 0 Å². The van der Waals surface area contributed by atoms with Crippen LogP contribution in [0.5, 0.6) is 0 Å². The zero-order chi connectivity index (χ0) is 11.7. The zero-order valence-electron chi connectivity index (χ0n) is 9.11. The Morgan fingerprint density at radius 2 is 1.83 bits per heavy atom. The molecule has 0 aliphatic carbocycles. The van der Waals surface area contributed by atoms with E-state index in [-0.39, 0.29) is 51.4 Å². The number of nitrogens with zero attached hydrogens (tertiary/aromatic N) is 4. The Balaban J connectivity index is 0.00000120.